The number of nitrogens with one attached hydrogen (secondary N) is 1. The highest BCUT2D eigenvalue weighted by molar-refractivity contribution is 9.10. The summed E-state index contributed by atoms with van der Waals surface area (Å²) in [5.41, 5.74) is 3.86. The van der Waals surface area contributed by atoms with Crippen molar-refractivity contribution < 1.29 is 4.39 Å². The molecule has 0 unspecified atom stereocenters. The van der Waals surface area contributed by atoms with Gasteiger partial charge in [-0.15, -0.1) is 0 Å². The monoisotopic (exact) mass is 391 g/mol. The van der Waals surface area contributed by atoms with E-state index in [0.717, 1.165) is 32.1 Å². The average Bonchev–Trinajstić information content (AvgIpc) is 2.65. The van der Waals surface area contributed by atoms with E-state index in [1.807, 2.05) is 30.3 Å². The molecule has 0 atom stereocenters. The van der Waals surface area contributed by atoms with E-state index in [-0.39, 0.29) is 5.82 Å². The van der Waals surface area contributed by atoms with E-state index in [4.69, 9.17) is 0 Å². The highest BCUT2D eigenvalue weighted by Crippen LogP contribution is 2.38. The Bertz CT molecular complexity index is 1040. The minimum atomic E-state index is -0.271. The van der Waals surface area contributed by atoms with Gasteiger partial charge in [-0.25, -0.2) is 4.39 Å². The van der Waals surface area contributed by atoms with Crippen LogP contribution in [0.2, 0.25) is 0 Å². The van der Waals surface area contributed by atoms with Crippen LogP contribution in [0.1, 0.15) is 0 Å². The van der Waals surface area contributed by atoms with Crippen LogP contribution in [0.15, 0.2) is 89.4 Å². The molecule has 0 aliphatic rings. The molecule has 0 heterocycles. The predicted octanol–water partition coefficient (Wildman–Crippen LogP) is 7.15. The lowest BCUT2D eigenvalue weighted by atomic mass is 9.98. The van der Waals surface area contributed by atoms with Crippen LogP contribution in [0.5, 0.6) is 0 Å². The molecular weight excluding hydrogens is 377 g/mol. The molecule has 1 N–H and O–H groups in total. The fraction of sp³-hybridized carbons (Fsp3) is 0. The Morgan fingerprint density at radius 3 is 2.36 bits per heavy atom. The maximum Gasteiger partial charge on any atom is 0.125 e. The summed E-state index contributed by atoms with van der Waals surface area (Å²) >= 11 is 3.50. The molecule has 0 saturated carbocycles. The SMILES string of the molecule is Fc1ccc(Br)c(Nc2c(-c3ccccc3)ccc3ccccc23)c1. The first-order chi connectivity index (χ1) is 12.2. The molecule has 0 aromatic heterocycles. The van der Waals surface area contributed by atoms with Crippen molar-refractivity contribution in [3.63, 3.8) is 0 Å². The third kappa shape index (κ3) is 3.15. The molecule has 0 bridgehead atoms. The van der Waals surface area contributed by atoms with E-state index in [1.165, 1.54) is 12.1 Å². The standard InChI is InChI=1S/C22H15BrFN/c23-20-13-11-17(24)14-21(20)25-22-18-9-5-4-8-16(18)10-12-19(22)15-6-2-1-3-7-15/h1-14,25H. The van der Waals surface area contributed by atoms with Gasteiger partial charge < -0.3 is 5.32 Å². The van der Waals surface area contributed by atoms with Crippen LogP contribution in [0.4, 0.5) is 15.8 Å². The van der Waals surface area contributed by atoms with Crippen molar-refractivity contribution in [2.45, 2.75) is 0 Å². The van der Waals surface area contributed by atoms with E-state index in [0.29, 0.717) is 5.69 Å². The summed E-state index contributed by atoms with van der Waals surface area (Å²) in [6.07, 6.45) is 0. The van der Waals surface area contributed by atoms with E-state index < -0.39 is 0 Å². The molecule has 0 spiro atoms. The first-order valence-corrected chi connectivity index (χ1v) is 8.81. The molecule has 0 saturated heterocycles. The van der Waals surface area contributed by atoms with E-state index in [2.05, 4.69) is 57.6 Å². The fourth-order valence-corrected chi connectivity index (χ4v) is 3.34. The zero-order valence-electron chi connectivity index (χ0n) is 13.3. The van der Waals surface area contributed by atoms with Crippen LogP contribution >= 0.6 is 15.9 Å². The average molecular weight is 392 g/mol. The minimum absolute atomic E-state index is 0.271. The third-order valence-corrected chi connectivity index (χ3v) is 4.89. The summed E-state index contributed by atoms with van der Waals surface area (Å²) in [4.78, 5) is 0. The number of hydrogen-bond donors (Lipinski definition) is 1. The van der Waals surface area contributed by atoms with Crippen LogP contribution in [0.3, 0.4) is 0 Å². The van der Waals surface area contributed by atoms with Gasteiger partial charge in [-0.3, -0.25) is 0 Å². The van der Waals surface area contributed by atoms with Crippen LogP contribution < -0.4 is 5.32 Å². The van der Waals surface area contributed by atoms with Gasteiger partial charge in [0, 0.05) is 15.4 Å². The number of fused-ring (bicyclic) bond motifs is 1. The molecular formula is C22H15BrFN. The Morgan fingerprint density at radius 1 is 0.760 bits per heavy atom. The zero-order chi connectivity index (χ0) is 17.2. The molecule has 4 aromatic carbocycles. The van der Waals surface area contributed by atoms with Crippen LogP contribution in [-0.2, 0) is 0 Å². The van der Waals surface area contributed by atoms with Crippen molar-refractivity contribution in [1.29, 1.82) is 0 Å². The number of anilines is 2. The third-order valence-electron chi connectivity index (χ3n) is 4.20. The van der Waals surface area contributed by atoms with Gasteiger partial charge in [0.2, 0.25) is 0 Å². The predicted molar refractivity (Wildman–Crippen MR) is 107 cm³/mol. The second-order valence-corrected chi connectivity index (χ2v) is 6.68. The number of halogens is 2. The number of rotatable bonds is 3. The second kappa shape index (κ2) is 6.69. The number of hydrogen-bond acceptors (Lipinski definition) is 1. The first-order valence-electron chi connectivity index (χ1n) is 8.01. The Hall–Kier alpha value is -2.65. The van der Waals surface area contributed by atoms with Crippen molar-refractivity contribution in [1.82, 2.24) is 0 Å². The topological polar surface area (TPSA) is 12.0 Å². The van der Waals surface area contributed by atoms with Crippen LogP contribution in [-0.4, -0.2) is 0 Å². The fourth-order valence-electron chi connectivity index (χ4n) is 2.99. The smallest absolute Gasteiger partial charge is 0.125 e. The van der Waals surface area contributed by atoms with Gasteiger partial charge in [-0.1, -0.05) is 66.7 Å². The maximum atomic E-state index is 13.7. The zero-order valence-corrected chi connectivity index (χ0v) is 14.9. The normalized spacial score (nSPS) is 10.8. The minimum Gasteiger partial charge on any atom is -0.354 e. The Labute approximate surface area is 154 Å². The summed E-state index contributed by atoms with van der Waals surface area (Å²) in [7, 11) is 0. The molecule has 3 heteroatoms. The Morgan fingerprint density at radius 2 is 1.52 bits per heavy atom. The second-order valence-electron chi connectivity index (χ2n) is 5.82. The van der Waals surface area contributed by atoms with Gasteiger partial charge >= 0.3 is 0 Å². The molecule has 0 radical (unpaired) electrons. The summed E-state index contributed by atoms with van der Waals surface area (Å²) in [6.45, 7) is 0. The summed E-state index contributed by atoms with van der Waals surface area (Å²) < 4.78 is 14.5. The van der Waals surface area contributed by atoms with Gasteiger partial charge in [0.15, 0.2) is 0 Å². The lowest BCUT2D eigenvalue weighted by Crippen LogP contribution is -1.96. The quantitative estimate of drug-likeness (QED) is 0.390. The lowest BCUT2D eigenvalue weighted by Gasteiger charge is -2.17. The van der Waals surface area contributed by atoms with E-state index >= 15 is 0 Å². The molecule has 1 nitrogen and oxygen atoms in total. The van der Waals surface area contributed by atoms with Gasteiger partial charge in [-0.2, -0.15) is 0 Å². The molecule has 122 valence electrons. The summed E-state index contributed by atoms with van der Waals surface area (Å²) in [5, 5.41) is 5.67. The molecule has 0 aliphatic carbocycles. The van der Waals surface area contributed by atoms with Crippen molar-refractivity contribution >= 4 is 38.1 Å². The molecule has 4 rings (SSSR count). The van der Waals surface area contributed by atoms with Crippen molar-refractivity contribution in [3.05, 3.63) is 95.2 Å². The van der Waals surface area contributed by atoms with Crippen molar-refractivity contribution in [2.75, 3.05) is 5.32 Å². The summed E-state index contributed by atoms with van der Waals surface area (Å²) in [5.74, 6) is -0.271. The molecule has 0 aliphatic heterocycles. The molecule has 0 amide bonds. The first kappa shape index (κ1) is 15.9. The molecule has 4 aromatic rings. The van der Waals surface area contributed by atoms with Crippen LogP contribution in [0.25, 0.3) is 21.9 Å². The highest BCUT2D eigenvalue weighted by atomic mass is 79.9. The maximum absolute atomic E-state index is 13.7. The molecule has 25 heavy (non-hydrogen) atoms. The van der Waals surface area contributed by atoms with Gasteiger partial charge in [0.25, 0.3) is 0 Å². The Balaban J connectivity index is 1.95. The molecule has 0 fully saturated rings. The van der Waals surface area contributed by atoms with Gasteiger partial charge in [-0.05, 0) is 45.1 Å². The number of benzene rings is 4. The van der Waals surface area contributed by atoms with E-state index in [9.17, 15) is 4.39 Å². The van der Waals surface area contributed by atoms with E-state index in [1.54, 1.807) is 6.07 Å². The van der Waals surface area contributed by atoms with Gasteiger partial charge in [0.05, 0.1) is 11.4 Å². The van der Waals surface area contributed by atoms with Crippen LogP contribution in [0, 0.1) is 5.82 Å². The van der Waals surface area contributed by atoms with Crippen molar-refractivity contribution in [3.8, 4) is 11.1 Å². The highest BCUT2D eigenvalue weighted by Gasteiger charge is 2.11. The van der Waals surface area contributed by atoms with Crippen molar-refractivity contribution in [2.24, 2.45) is 0 Å². The van der Waals surface area contributed by atoms with Gasteiger partial charge in [0.1, 0.15) is 5.82 Å². The Kier molecular flexibility index (Phi) is 4.24. The lowest BCUT2D eigenvalue weighted by molar-refractivity contribution is 0.628. The summed E-state index contributed by atoms with van der Waals surface area (Å²) in [6, 6.07) is 27.3. The largest absolute Gasteiger partial charge is 0.354 e.